The maximum absolute atomic E-state index is 17.1. The van der Waals surface area contributed by atoms with Crippen molar-refractivity contribution in [3.63, 3.8) is 0 Å². The number of aromatic nitrogens is 3. The Kier molecular flexibility index (Phi) is 7.25. The Morgan fingerprint density at radius 1 is 1.12 bits per heavy atom. The first kappa shape index (κ1) is 30.5. The molecule has 2 aromatic carbocycles. The minimum atomic E-state index is -0.961. The molecule has 4 aliphatic heterocycles. The molecule has 0 radical (unpaired) electrons. The highest BCUT2D eigenvalue weighted by atomic mass is 19.1. The lowest BCUT2D eigenvalue weighted by Crippen LogP contribution is -2.53. The van der Waals surface area contributed by atoms with E-state index in [1.807, 2.05) is 9.80 Å². The van der Waals surface area contributed by atoms with Crippen LogP contribution in [0.15, 0.2) is 24.3 Å². The van der Waals surface area contributed by atoms with Crippen LogP contribution in [0.1, 0.15) is 37.7 Å². The number of anilines is 1. The highest BCUT2D eigenvalue weighted by Gasteiger charge is 2.49. The van der Waals surface area contributed by atoms with Crippen LogP contribution in [-0.4, -0.2) is 100.0 Å². The third-order valence-electron chi connectivity index (χ3n) is 10.5. The average molecular weight is 659 g/mol. The summed E-state index contributed by atoms with van der Waals surface area (Å²) in [6.45, 7) is 2.13. The van der Waals surface area contributed by atoms with Crippen molar-refractivity contribution in [3.05, 3.63) is 41.5 Å². The molecular formula is C35H33F3N6O4. The van der Waals surface area contributed by atoms with Crippen LogP contribution in [0, 0.1) is 24.0 Å². The third-order valence-corrected chi connectivity index (χ3v) is 10.5. The molecule has 4 aromatic rings. The van der Waals surface area contributed by atoms with Gasteiger partial charge in [0.15, 0.2) is 5.82 Å². The molecule has 2 unspecified atom stereocenters. The van der Waals surface area contributed by atoms with E-state index in [2.05, 4.69) is 20.8 Å². The number of pyridine rings is 1. The zero-order valence-corrected chi connectivity index (χ0v) is 26.3. The number of rotatable bonds is 7. The van der Waals surface area contributed by atoms with E-state index in [0.717, 1.165) is 38.6 Å². The zero-order chi connectivity index (χ0) is 33.3. The fourth-order valence-corrected chi connectivity index (χ4v) is 8.40. The van der Waals surface area contributed by atoms with E-state index in [-0.39, 0.29) is 69.4 Å². The van der Waals surface area contributed by atoms with Gasteiger partial charge in [0.05, 0.1) is 18.2 Å². The van der Waals surface area contributed by atoms with Crippen LogP contribution in [0.3, 0.4) is 0 Å². The van der Waals surface area contributed by atoms with Crippen molar-refractivity contribution in [2.75, 3.05) is 44.8 Å². The molecule has 4 fully saturated rings. The smallest absolute Gasteiger partial charge is 0.319 e. The van der Waals surface area contributed by atoms with Crippen LogP contribution in [-0.2, 0) is 4.79 Å². The number of hydrogen-bond donors (Lipinski definition) is 1. The largest absolute Gasteiger partial charge is 0.508 e. The number of halogens is 3. The number of alkyl halides is 1. The van der Waals surface area contributed by atoms with Crippen molar-refractivity contribution in [3.8, 4) is 41.2 Å². The molecule has 0 aliphatic carbocycles. The van der Waals surface area contributed by atoms with E-state index in [9.17, 15) is 18.7 Å². The molecule has 6 heterocycles. The van der Waals surface area contributed by atoms with Gasteiger partial charge in [-0.1, -0.05) is 12.0 Å². The number of phenols is 1. The van der Waals surface area contributed by atoms with Crippen LogP contribution in [0.5, 0.6) is 17.6 Å². The second-order valence-corrected chi connectivity index (χ2v) is 13.2. The number of nitrogens with zero attached hydrogens (tertiary/aromatic N) is 6. The van der Waals surface area contributed by atoms with E-state index >= 15 is 4.39 Å². The van der Waals surface area contributed by atoms with Gasteiger partial charge in [0.25, 0.3) is 0 Å². The summed E-state index contributed by atoms with van der Waals surface area (Å²) in [4.78, 5) is 31.7. The van der Waals surface area contributed by atoms with E-state index in [1.54, 1.807) is 0 Å². The van der Waals surface area contributed by atoms with E-state index in [0.29, 0.717) is 37.3 Å². The van der Waals surface area contributed by atoms with Crippen LogP contribution >= 0.6 is 0 Å². The number of fused-ring (bicyclic) bond motifs is 5. The summed E-state index contributed by atoms with van der Waals surface area (Å²) >= 11 is 0. The van der Waals surface area contributed by atoms with Crippen molar-refractivity contribution in [1.82, 2.24) is 24.8 Å². The number of phenolic OH excluding ortho intramolecular Hbond substituents is 1. The van der Waals surface area contributed by atoms with Gasteiger partial charge < -0.3 is 24.4 Å². The van der Waals surface area contributed by atoms with Crippen molar-refractivity contribution >= 4 is 33.9 Å². The molecular weight excluding hydrogens is 625 g/mol. The highest BCUT2D eigenvalue weighted by molar-refractivity contribution is 6.04. The molecule has 1 N–H and O–H groups in total. The number of piperazine rings is 1. The molecule has 1 amide bonds. The first-order valence-corrected chi connectivity index (χ1v) is 16.1. The van der Waals surface area contributed by atoms with Crippen molar-refractivity contribution in [2.45, 2.75) is 55.9 Å². The maximum Gasteiger partial charge on any atom is 0.319 e. The molecule has 10 nitrogen and oxygen atoms in total. The van der Waals surface area contributed by atoms with Crippen LogP contribution in [0.4, 0.5) is 19.0 Å². The second-order valence-electron chi connectivity index (χ2n) is 13.2. The number of ether oxygens (including phenoxy) is 2. The first-order valence-electron chi connectivity index (χ1n) is 16.1. The van der Waals surface area contributed by atoms with Gasteiger partial charge in [0, 0.05) is 49.1 Å². The molecule has 4 aliphatic rings. The molecule has 4 atom stereocenters. The number of carbonyl (C=O) groups excluding carboxylic acids is 1. The Balaban J connectivity index is 1.32. The lowest BCUT2D eigenvalue weighted by Gasteiger charge is -2.40. The summed E-state index contributed by atoms with van der Waals surface area (Å²) < 4.78 is 58.5. The fourth-order valence-electron chi connectivity index (χ4n) is 8.40. The molecule has 13 heteroatoms. The van der Waals surface area contributed by atoms with Gasteiger partial charge in [0.1, 0.15) is 46.8 Å². The van der Waals surface area contributed by atoms with Crippen LogP contribution in [0.2, 0.25) is 0 Å². The molecule has 2 aromatic heterocycles. The van der Waals surface area contributed by atoms with E-state index in [4.69, 9.17) is 20.9 Å². The van der Waals surface area contributed by atoms with Crippen molar-refractivity contribution in [1.29, 1.82) is 0 Å². The monoisotopic (exact) mass is 658 g/mol. The maximum atomic E-state index is 17.1. The Hall–Kier alpha value is -4.83. The molecule has 8 rings (SSSR count). The number of aromatic hydroxyl groups is 1. The lowest BCUT2D eigenvalue weighted by atomic mass is 9.95. The predicted molar refractivity (Wildman–Crippen MR) is 172 cm³/mol. The minimum Gasteiger partial charge on any atom is -0.508 e. The SMILES string of the molecule is C#Cc1c(F)ccc2cc(O)cc(-c3nc(OC)c4c(N5CC6CCC(C5)N6C=O)nc(OC[C@@]56CCCN5C[C@H](F)C6)nc4c3F)c12. The van der Waals surface area contributed by atoms with Gasteiger partial charge in [-0.05, 0) is 55.8 Å². The topological polar surface area (TPSA) is 104 Å². The molecule has 4 saturated heterocycles. The second kappa shape index (κ2) is 11.4. The summed E-state index contributed by atoms with van der Waals surface area (Å²) in [5, 5.41) is 11.4. The standard InChI is InChI=1S/C35H33F3N6O4/c1-3-24-26(37)8-5-19-11-23(46)12-25(27(19)24)30-29(38)31-28(33(39-30)47-2)32(42-15-21-6-7-22(16-42)44(21)18-45)41-34(40-31)48-17-35-9-4-10-43(35)14-20(36)13-35/h1,5,8,11-12,18,20-22,46H,4,6-7,9-10,13-17H2,2H3/t20-,21?,22?,35+/m1/s1. The average Bonchev–Trinajstić information content (AvgIpc) is 3.69. The van der Waals surface area contributed by atoms with Gasteiger partial charge in [-0.2, -0.15) is 9.97 Å². The quantitative estimate of drug-likeness (QED) is 0.226. The number of benzene rings is 2. The van der Waals surface area contributed by atoms with Gasteiger partial charge >= 0.3 is 6.01 Å². The number of methoxy groups -OCH3 is 1. The predicted octanol–water partition coefficient (Wildman–Crippen LogP) is 4.58. The number of amides is 1. The Morgan fingerprint density at radius 2 is 1.92 bits per heavy atom. The summed E-state index contributed by atoms with van der Waals surface area (Å²) in [7, 11) is 1.39. The first-order chi connectivity index (χ1) is 23.2. The Bertz CT molecular complexity index is 2010. The summed E-state index contributed by atoms with van der Waals surface area (Å²) in [5.74, 6) is 0.921. The lowest BCUT2D eigenvalue weighted by molar-refractivity contribution is -0.121. The Labute approximate surface area is 274 Å². The van der Waals surface area contributed by atoms with Gasteiger partial charge in [-0.25, -0.2) is 18.2 Å². The molecule has 248 valence electrons. The summed E-state index contributed by atoms with van der Waals surface area (Å²) in [6.07, 6.45) is 9.27. The van der Waals surface area contributed by atoms with Gasteiger partial charge in [-0.3, -0.25) is 9.69 Å². The van der Waals surface area contributed by atoms with Gasteiger partial charge in [-0.15, -0.1) is 6.42 Å². The van der Waals surface area contributed by atoms with Crippen LogP contribution < -0.4 is 14.4 Å². The van der Waals surface area contributed by atoms with Gasteiger partial charge in [0.2, 0.25) is 12.3 Å². The third kappa shape index (κ3) is 4.68. The Morgan fingerprint density at radius 3 is 2.65 bits per heavy atom. The number of terminal acetylenes is 1. The molecule has 48 heavy (non-hydrogen) atoms. The summed E-state index contributed by atoms with van der Waals surface area (Å²) in [5.41, 5.74) is -0.978. The highest BCUT2D eigenvalue weighted by Crippen LogP contribution is 2.44. The number of carbonyl (C=O) groups is 1. The summed E-state index contributed by atoms with van der Waals surface area (Å²) in [6, 6.07) is 5.11. The molecule has 0 saturated carbocycles. The fraction of sp³-hybridized carbons (Fsp3) is 0.429. The zero-order valence-electron chi connectivity index (χ0n) is 26.3. The van der Waals surface area contributed by atoms with E-state index in [1.165, 1.54) is 31.4 Å². The number of hydrogen-bond acceptors (Lipinski definition) is 9. The van der Waals surface area contributed by atoms with Crippen molar-refractivity contribution in [2.24, 2.45) is 0 Å². The molecule has 0 spiro atoms. The van der Waals surface area contributed by atoms with Crippen LogP contribution in [0.25, 0.3) is 32.9 Å². The normalized spacial score (nSPS) is 25.1. The molecule has 2 bridgehead atoms. The van der Waals surface area contributed by atoms with E-state index < -0.39 is 23.3 Å². The van der Waals surface area contributed by atoms with Crippen molar-refractivity contribution < 1.29 is 32.5 Å². The minimum absolute atomic E-state index is 0.0000988.